The molecule has 0 aromatic carbocycles. The maximum atomic E-state index is 12.1. The van der Waals surface area contributed by atoms with Crippen molar-refractivity contribution < 1.29 is 4.39 Å². The Morgan fingerprint density at radius 3 is 2.00 bits per heavy atom. The summed E-state index contributed by atoms with van der Waals surface area (Å²) in [4.78, 5) is 4.68. The molecular formula is C11H24FN3. The van der Waals surface area contributed by atoms with Crippen molar-refractivity contribution >= 4 is 0 Å². The van der Waals surface area contributed by atoms with Crippen molar-refractivity contribution in [1.29, 1.82) is 0 Å². The Morgan fingerprint density at radius 1 is 0.867 bits per heavy atom. The molecule has 0 saturated carbocycles. The lowest BCUT2D eigenvalue weighted by atomic mass is 10.2. The first-order chi connectivity index (χ1) is 7.36. The number of nitrogens with two attached hydrogens (primary N) is 1. The highest BCUT2D eigenvalue weighted by atomic mass is 19.1. The van der Waals surface area contributed by atoms with Crippen molar-refractivity contribution in [3.8, 4) is 0 Å². The van der Waals surface area contributed by atoms with Crippen LogP contribution in [0.3, 0.4) is 0 Å². The van der Waals surface area contributed by atoms with E-state index < -0.39 is 0 Å². The van der Waals surface area contributed by atoms with Crippen LogP contribution in [0.4, 0.5) is 4.39 Å². The van der Waals surface area contributed by atoms with Gasteiger partial charge in [0.25, 0.3) is 0 Å². The number of rotatable bonds is 7. The summed E-state index contributed by atoms with van der Waals surface area (Å²) < 4.78 is 12.1. The van der Waals surface area contributed by atoms with Crippen molar-refractivity contribution in [2.75, 3.05) is 52.5 Å². The monoisotopic (exact) mass is 217 g/mol. The zero-order valence-corrected chi connectivity index (χ0v) is 9.63. The van der Waals surface area contributed by atoms with Crippen LogP contribution in [0.5, 0.6) is 0 Å². The fourth-order valence-electron chi connectivity index (χ4n) is 2.01. The Bertz CT molecular complexity index is 144. The first-order valence-corrected chi connectivity index (χ1v) is 6.07. The van der Waals surface area contributed by atoms with E-state index in [2.05, 4.69) is 9.80 Å². The van der Waals surface area contributed by atoms with E-state index in [1.807, 2.05) is 0 Å². The van der Waals surface area contributed by atoms with E-state index in [0.29, 0.717) is 6.54 Å². The molecule has 1 saturated heterocycles. The number of hydrogen-bond donors (Lipinski definition) is 1. The molecule has 3 nitrogen and oxygen atoms in total. The molecule has 0 radical (unpaired) electrons. The number of piperazine rings is 1. The molecule has 0 aromatic heterocycles. The van der Waals surface area contributed by atoms with Gasteiger partial charge in [-0.15, -0.1) is 0 Å². The number of halogens is 1. The zero-order valence-electron chi connectivity index (χ0n) is 9.63. The van der Waals surface area contributed by atoms with Gasteiger partial charge < -0.3 is 10.6 Å². The number of unbranched alkanes of at least 4 members (excludes halogenated alkanes) is 2. The molecule has 0 atom stereocenters. The molecule has 0 amide bonds. The van der Waals surface area contributed by atoms with E-state index in [1.165, 1.54) is 19.4 Å². The van der Waals surface area contributed by atoms with Crippen LogP contribution in [0.25, 0.3) is 0 Å². The van der Waals surface area contributed by atoms with E-state index >= 15 is 0 Å². The molecule has 2 N–H and O–H groups in total. The van der Waals surface area contributed by atoms with Crippen LogP contribution in [0.1, 0.15) is 19.3 Å². The largest absolute Gasteiger partial charge is 0.330 e. The van der Waals surface area contributed by atoms with E-state index in [0.717, 1.165) is 39.1 Å². The first kappa shape index (κ1) is 12.9. The van der Waals surface area contributed by atoms with Crippen LogP contribution in [-0.4, -0.2) is 62.3 Å². The molecule has 1 aliphatic rings. The smallest absolute Gasteiger partial charge is 0.102 e. The Kier molecular flexibility index (Phi) is 6.88. The maximum absolute atomic E-state index is 12.1. The topological polar surface area (TPSA) is 32.5 Å². The molecule has 1 fully saturated rings. The Hall–Kier alpha value is -0.190. The second-order valence-electron chi connectivity index (χ2n) is 4.22. The lowest BCUT2D eigenvalue weighted by Crippen LogP contribution is -2.47. The van der Waals surface area contributed by atoms with Crippen molar-refractivity contribution in [2.24, 2.45) is 5.73 Å². The van der Waals surface area contributed by atoms with Crippen molar-refractivity contribution in [2.45, 2.75) is 19.3 Å². The van der Waals surface area contributed by atoms with Gasteiger partial charge in [-0.3, -0.25) is 4.90 Å². The van der Waals surface area contributed by atoms with Crippen molar-refractivity contribution in [3.63, 3.8) is 0 Å². The highest BCUT2D eigenvalue weighted by Gasteiger charge is 2.15. The Balaban J connectivity index is 1.99. The highest BCUT2D eigenvalue weighted by molar-refractivity contribution is 4.71. The van der Waals surface area contributed by atoms with E-state index in [9.17, 15) is 4.39 Å². The van der Waals surface area contributed by atoms with Crippen LogP contribution in [0.2, 0.25) is 0 Å². The van der Waals surface area contributed by atoms with Gasteiger partial charge in [-0.25, -0.2) is 4.39 Å². The summed E-state index contributed by atoms with van der Waals surface area (Å²) in [7, 11) is 0. The minimum absolute atomic E-state index is 0.212. The lowest BCUT2D eigenvalue weighted by molar-refractivity contribution is 0.124. The van der Waals surface area contributed by atoms with E-state index in [4.69, 9.17) is 5.73 Å². The summed E-state index contributed by atoms with van der Waals surface area (Å²) >= 11 is 0. The Labute approximate surface area is 92.4 Å². The third-order valence-corrected chi connectivity index (χ3v) is 3.04. The molecule has 0 aliphatic carbocycles. The summed E-state index contributed by atoms with van der Waals surface area (Å²) in [5.74, 6) is 0. The fraction of sp³-hybridized carbons (Fsp3) is 1.00. The second kappa shape index (κ2) is 8.02. The van der Waals surface area contributed by atoms with Gasteiger partial charge in [-0.2, -0.15) is 0 Å². The zero-order chi connectivity index (χ0) is 10.9. The predicted molar refractivity (Wildman–Crippen MR) is 61.8 cm³/mol. The third kappa shape index (κ3) is 5.44. The van der Waals surface area contributed by atoms with Crippen LogP contribution >= 0.6 is 0 Å². The minimum Gasteiger partial charge on any atom is -0.330 e. The van der Waals surface area contributed by atoms with Gasteiger partial charge in [0.15, 0.2) is 0 Å². The number of nitrogens with zero attached hydrogens (tertiary/aromatic N) is 2. The summed E-state index contributed by atoms with van der Waals surface area (Å²) in [6.07, 6.45) is 3.63. The van der Waals surface area contributed by atoms with Crippen LogP contribution in [-0.2, 0) is 0 Å². The van der Waals surface area contributed by atoms with Crippen LogP contribution in [0, 0.1) is 0 Å². The molecule has 15 heavy (non-hydrogen) atoms. The molecule has 4 heteroatoms. The summed E-state index contributed by atoms with van der Waals surface area (Å²) in [6, 6.07) is 0. The average Bonchev–Trinajstić information content (AvgIpc) is 2.27. The highest BCUT2D eigenvalue weighted by Crippen LogP contribution is 2.04. The minimum atomic E-state index is -0.212. The first-order valence-electron chi connectivity index (χ1n) is 6.07. The summed E-state index contributed by atoms with van der Waals surface area (Å²) in [5.41, 5.74) is 5.44. The van der Waals surface area contributed by atoms with Crippen molar-refractivity contribution in [1.82, 2.24) is 9.80 Å². The van der Waals surface area contributed by atoms with Gasteiger partial charge in [-0.1, -0.05) is 6.42 Å². The molecular weight excluding hydrogens is 193 g/mol. The average molecular weight is 217 g/mol. The molecule has 1 rings (SSSR count). The van der Waals surface area contributed by atoms with Gasteiger partial charge in [0, 0.05) is 32.7 Å². The van der Waals surface area contributed by atoms with Gasteiger partial charge in [-0.05, 0) is 25.9 Å². The van der Waals surface area contributed by atoms with Gasteiger partial charge >= 0.3 is 0 Å². The summed E-state index contributed by atoms with van der Waals surface area (Å²) in [6.45, 7) is 6.65. The van der Waals surface area contributed by atoms with Gasteiger partial charge in [0.1, 0.15) is 6.67 Å². The molecule has 0 aromatic rings. The third-order valence-electron chi connectivity index (χ3n) is 3.04. The number of alkyl halides is 1. The van der Waals surface area contributed by atoms with Gasteiger partial charge in [0.05, 0.1) is 0 Å². The standard InChI is InChI=1S/C11H24FN3/c12-4-7-15-10-8-14(9-11-15)6-3-1-2-5-13/h1-11,13H2. The molecule has 1 aliphatic heterocycles. The lowest BCUT2D eigenvalue weighted by Gasteiger charge is -2.34. The molecule has 1 heterocycles. The summed E-state index contributed by atoms with van der Waals surface area (Å²) in [5, 5.41) is 0. The van der Waals surface area contributed by atoms with Crippen LogP contribution < -0.4 is 5.73 Å². The second-order valence-corrected chi connectivity index (χ2v) is 4.22. The van der Waals surface area contributed by atoms with Crippen molar-refractivity contribution in [3.05, 3.63) is 0 Å². The molecule has 0 unspecified atom stereocenters. The van der Waals surface area contributed by atoms with Gasteiger partial charge in [0.2, 0.25) is 0 Å². The maximum Gasteiger partial charge on any atom is 0.102 e. The fourth-order valence-corrected chi connectivity index (χ4v) is 2.01. The quantitative estimate of drug-likeness (QED) is 0.637. The SMILES string of the molecule is NCCCCCN1CCN(CCF)CC1. The Morgan fingerprint density at radius 2 is 1.47 bits per heavy atom. The normalized spacial score (nSPS) is 19.6. The van der Waals surface area contributed by atoms with E-state index in [-0.39, 0.29) is 6.67 Å². The molecule has 0 spiro atoms. The van der Waals surface area contributed by atoms with Crippen LogP contribution in [0.15, 0.2) is 0 Å². The predicted octanol–water partition coefficient (Wildman–Crippen LogP) is 0.702. The molecule has 90 valence electrons. The van der Waals surface area contributed by atoms with E-state index in [1.54, 1.807) is 0 Å². The molecule has 0 bridgehead atoms. The number of hydrogen-bond acceptors (Lipinski definition) is 3.